The molecule has 0 amide bonds. The van der Waals surface area contributed by atoms with Crippen LogP contribution in [-0.2, 0) is 0 Å². The van der Waals surface area contributed by atoms with Crippen molar-refractivity contribution in [2.24, 2.45) is 0 Å². The van der Waals surface area contributed by atoms with E-state index in [-0.39, 0.29) is 12.8 Å². The van der Waals surface area contributed by atoms with Gasteiger partial charge in [-0.05, 0) is 6.42 Å². The maximum atomic E-state index is 12.3. The summed E-state index contributed by atoms with van der Waals surface area (Å²) in [5.74, 6) is -2.45. The second-order valence-corrected chi connectivity index (χ2v) is 2.17. The van der Waals surface area contributed by atoms with Crippen molar-refractivity contribution in [1.29, 1.82) is 0 Å². The SMILES string of the molecule is [CH2]CCCC(F)(F)CC. The van der Waals surface area contributed by atoms with Gasteiger partial charge in [0.15, 0.2) is 0 Å². The number of rotatable bonds is 4. The van der Waals surface area contributed by atoms with Crippen molar-refractivity contribution in [1.82, 2.24) is 0 Å². The monoisotopic (exact) mass is 135 g/mol. The molecule has 0 heterocycles. The van der Waals surface area contributed by atoms with Crippen LogP contribution in [-0.4, -0.2) is 5.92 Å². The van der Waals surface area contributed by atoms with Crippen molar-refractivity contribution in [3.8, 4) is 0 Å². The maximum Gasteiger partial charge on any atom is 0.247 e. The van der Waals surface area contributed by atoms with E-state index >= 15 is 0 Å². The standard InChI is InChI=1S/C7H13F2/c1-3-5-6-7(8,9)4-2/h1,3-6H2,2H3. The van der Waals surface area contributed by atoms with Gasteiger partial charge in [0, 0.05) is 12.8 Å². The first-order valence-corrected chi connectivity index (χ1v) is 3.29. The molecule has 0 N–H and O–H groups in total. The molecule has 0 unspecified atom stereocenters. The van der Waals surface area contributed by atoms with E-state index < -0.39 is 5.92 Å². The fourth-order valence-electron chi connectivity index (χ4n) is 0.560. The molecule has 1 radical (unpaired) electrons. The number of hydrogen-bond acceptors (Lipinski definition) is 0. The fraction of sp³-hybridized carbons (Fsp3) is 0.857. The van der Waals surface area contributed by atoms with Crippen molar-refractivity contribution in [3.63, 3.8) is 0 Å². The summed E-state index contributed by atoms with van der Waals surface area (Å²) < 4.78 is 24.6. The Labute approximate surface area is 55.3 Å². The Bertz CT molecular complexity index is 69.3. The van der Waals surface area contributed by atoms with Crippen molar-refractivity contribution in [2.45, 2.75) is 38.5 Å². The van der Waals surface area contributed by atoms with Crippen molar-refractivity contribution < 1.29 is 8.78 Å². The van der Waals surface area contributed by atoms with Crippen LogP contribution in [0.3, 0.4) is 0 Å². The smallest absolute Gasteiger partial charge is 0.207 e. The van der Waals surface area contributed by atoms with E-state index in [1.165, 1.54) is 6.92 Å². The van der Waals surface area contributed by atoms with Crippen molar-refractivity contribution in [3.05, 3.63) is 6.92 Å². The Morgan fingerprint density at radius 2 is 2.00 bits per heavy atom. The highest BCUT2D eigenvalue weighted by molar-refractivity contribution is 4.62. The van der Waals surface area contributed by atoms with Crippen molar-refractivity contribution in [2.75, 3.05) is 0 Å². The molecule has 0 aliphatic carbocycles. The summed E-state index contributed by atoms with van der Waals surface area (Å²) in [4.78, 5) is 0. The van der Waals surface area contributed by atoms with Crippen LogP contribution in [0.15, 0.2) is 0 Å². The molecule has 0 saturated heterocycles. The maximum absolute atomic E-state index is 12.3. The fourth-order valence-corrected chi connectivity index (χ4v) is 0.560. The average Bonchev–Trinajstić information content (AvgIpc) is 1.84. The van der Waals surface area contributed by atoms with Crippen LogP contribution in [0.4, 0.5) is 8.78 Å². The minimum absolute atomic E-state index is 0.00694. The van der Waals surface area contributed by atoms with E-state index in [0.29, 0.717) is 12.8 Å². The normalized spacial score (nSPS) is 12.0. The third-order valence-electron chi connectivity index (χ3n) is 1.31. The van der Waals surface area contributed by atoms with Gasteiger partial charge in [0.2, 0.25) is 5.92 Å². The zero-order valence-corrected chi connectivity index (χ0v) is 5.79. The van der Waals surface area contributed by atoms with E-state index in [2.05, 4.69) is 6.92 Å². The summed E-state index contributed by atoms with van der Waals surface area (Å²) in [6, 6.07) is 0. The summed E-state index contributed by atoms with van der Waals surface area (Å²) >= 11 is 0. The third-order valence-corrected chi connectivity index (χ3v) is 1.31. The summed E-state index contributed by atoms with van der Waals surface area (Å²) in [6.45, 7) is 4.99. The molecule has 0 aliphatic rings. The Kier molecular flexibility index (Phi) is 3.75. The molecule has 0 bridgehead atoms. The lowest BCUT2D eigenvalue weighted by Crippen LogP contribution is -2.13. The lowest BCUT2D eigenvalue weighted by molar-refractivity contribution is -0.0129. The lowest BCUT2D eigenvalue weighted by Gasteiger charge is -2.11. The molecule has 0 aliphatic heterocycles. The van der Waals surface area contributed by atoms with E-state index in [0.717, 1.165) is 0 Å². The Morgan fingerprint density at radius 3 is 2.33 bits per heavy atom. The zero-order valence-electron chi connectivity index (χ0n) is 5.79. The van der Waals surface area contributed by atoms with Crippen molar-refractivity contribution >= 4 is 0 Å². The van der Waals surface area contributed by atoms with Crippen LogP contribution >= 0.6 is 0 Å². The Hall–Kier alpha value is -0.140. The molecule has 0 atom stereocenters. The van der Waals surface area contributed by atoms with Gasteiger partial charge in [-0.2, -0.15) is 0 Å². The highest BCUT2D eigenvalue weighted by Gasteiger charge is 2.24. The highest BCUT2D eigenvalue weighted by atomic mass is 19.3. The van der Waals surface area contributed by atoms with Crippen LogP contribution in [0.2, 0.25) is 0 Å². The third kappa shape index (κ3) is 4.37. The number of unbranched alkanes of at least 4 members (excludes halogenated alkanes) is 1. The molecule has 55 valence electrons. The quantitative estimate of drug-likeness (QED) is 0.555. The molecule has 0 rings (SSSR count). The van der Waals surface area contributed by atoms with Gasteiger partial charge in [0.1, 0.15) is 0 Å². The van der Waals surface area contributed by atoms with Crippen LogP contribution in [0.1, 0.15) is 32.6 Å². The Balaban J connectivity index is 3.33. The van der Waals surface area contributed by atoms with Crippen LogP contribution in [0, 0.1) is 6.92 Å². The van der Waals surface area contributed by atoms with E-state index in [1.807, 2.05) is 0 Å². The molecule has 0 aromatic heterocycles. The highest BCUT2D eigenvalue weighted by Crippen LogP contribution is 2.24. The molecule has 9 heavy (non-hydrogen) atoms. The van der Waals surface area contributed by atoms with Gasteiger partial charge in [-0.3, -0.25) is 0 Å². The van der Waals surface area contributed by atoms with Gasteiger partial charge in [0.05, 0.1) is 0 Å². The second kappa shape index (κ2) is 3.80. The minimum atomic E-state index is -2.45. The molecule has 0 aromatic rings. The largest absolute Gasteiger partial charge is 0.247 e. The topological polar surface area (TPSA) is 0 Å². The van der Waals surface area contributed by atoms with Crippen LogP contribution in [0.25, 0.3) is 0 Å². The first-order chi connectivity index (χ1) is 4.12. The van der Waals surface area contributed by atoms with Crippen LogP contribution in [0.5, 0.6) is 0 Å². The molecular weight excluding hydrogens is 122 g/mol. The van der Waals surface area contributed by atoms with E-state index in [4.69, 9.17) is 0 Å². The first-order valence-electron chi connectivity index (χ1n) is 3.29. The first kappa shape index (κ1) is 8.86. The molecule has 2 heteroatoms. The van der Waals surface area contributed by atoms with Gasteiger partial charge >= 0.3 is 0 Å². The molecule has 0 aromatic carbocycles. The zero-order chi connectivity index (χ0) is 7.33. The molecule has 0 nitrogen and oxygen atoms in total. The summed E-state index contributed by atoms with van der Waals surface area (Å²) in [5, 5.41) is 0. The number of hydrogen-bond donors (Lipinski definition) is 0. The molecule has 0 spiro atoms. The van der Waals surface area contributed by atoms with Gasteiger partial charge in [-0.1, -0.05) is 20.3 Å². The van der Waals surface area contributed by atoms with Gasteiger partial charge in [-0.15, -0.1) is 0 Å². The van der Waals surface area contributed by atoms with Gasteiger partial charge in [-0.25, -0.2) is 8.78 Å². The minimum Gasteiger partial charge on any atom is -0.207 e. The van der Waals surface area contributed by atoms with E-state index in [1.54, 1.807) is 0 Å². The summed E-state index contributed by atoms with van der Waals surface area (Å²) in [6.07, 6.45) is 1.08. The number of halogens is 2. The molecule has 0 fully saturated rings. The number of alkyl halides is 2. The second-order valence-electron chi connectivity index (χ2n) is 2.17. The molecular formula is C7H13F2. The summed E-state index contributed by atoms with van der Waals surface area (Å²) in [7, 11) is 0. The summed E-state index contributed by atoms with van der Waals surface area (Å²) in [5.41, 5.74) is 0. The van der Waals surface area contributed by atoms with Crippen LogP contribution < -0.4 is 0 Å². The predicted molar refractivity (Wildman–Crippen MR) is 34.4 cm³/mol. The molecule has 0 saturated carbocycles. The Morgan fingerprint density at radius 1 is 1.44 bits per heavy atom. The predicted octanol–water partition coefficient (Wildman–Crippen LogP) is 3.04. The van der Waals surface area contributed by atoms with E-state index in [9.17, 15) is 8.78 Å². The lowest BCUT2D eigenvalue weighted by atomic mass is 10.1. The van der Waals surface area contributed by atoms with Gasteiger partial charge < -0.3 is 0 Å². The van der Waals surface area contributed by atoms with Gasteiger partial charge in [0.25, 0.3) is 0 Å². The average molecular weight is 135 g/mol.